The molecular weight excluding hydrogens is 160 g/mol. The largest absolute Gasteiger partial charge is 0.319 e. The molecule has 0 aliphatic rings. The molecule has 0 aliphatic heterocycles. The first-order chi connectivity index (χ1) is 6.33. The third kappa shape index (κ3) is 3.73. The Balaban J connectivity index is 2.56. The average molecular weight is 174 g/mol. The summed E-state index contributed by atoms with van der Waals surface area (Å²) in [6, 6.07) is 3.92. The third-order valence-corrected chi connectivity index (χ3v) is 1.63. The second-order valence-corrected chi connectivity index (χ2v) is 2.84. The summed E-state index contributed by atoms with van der Waals surface area (Å²) in [4.78, 5) is 4.10. The molecule has 0 saturated heterocycles. The van der Waals surface area contributed by atoms with Gasteiger partial charge >= 0.3 is 0 Å². The SMILES string of the molecule is CNCCC#Cc1ccnc(C)c1. The first-order valence-corrected chi connectivity index (χ1v) is 4.39. The monoisotopic (exact) mass is 174 g/mol. The fraction of sp³-hybridized carbons (Fsp3) is 0.364. The van der Waals surface area contributed by atoms with Crippen molar-refractivity contribution in [3.05, 3.63) is 29.6 Å². The molecule has 1 rings (SSSR count). The van der Waals surface area contributed by atoms with Crippen LogP contribution >= 0.6 is 0 Å². The lowest BCUT2D eigenvalue weighted by Crippen LogP contribution is -2.05. The number of rotatable bonds is 2. The van der Waals surface area contributed by atoms with Crippen molar-refractivity contribution in [2.75, 3.05) is 13.6 Å². The maximum Gasteiger partial charge on any atom is 0.0385 e. The topological polar surface area (TPSA) is 24.9 Å². The van der Waals surface area contributed by atoms with E-state index in [2.05, 4.69) is 22.1 Å². The van der Waals surface area contributed by atoms with Crippen molar-refractivity contribution in [3.8, 4) is 11.8 Å². The second kappa shape index (κ2) is 5.34. The zero-order valence-electron chi connectivity index (χ0n) is 8.09. The van der Waals surface area contributed by atoms with Crippen molar-refractivity contribution >= 4 is 0 Å². The van der Waals surface area contributed by atoms with Crippen molar-refractivity contribution in [1.29, 1.82) is 0 Å². The summed E-state index contributed by atoms with van der Waals surface area (Å²) >= 11 is 0. The molecule has 1 aromatic heterocycles. The van der Waals surface area contributed by atoms with Gasteiger partial charge in [-0.2, -0.15) is 0 Å². The van der Waals surface area contributed by atoms with Crippen LogP contribution in [0.3, 0.4) is 0 Å². The number of aromatic nitrogens is 1. The Hall–Kier alpha value is -1.33. The highest BCUT2D eigenvalue weighted by molar-refractivity contribution is 5.33. The molecule has 0 fully saturated rings. The smallest absolute Gasteiger partial charge is 0.0385 e. The molecule has 0 amide bonds. The van der Waals surface area contributed by atoms with E-state index in [0.29, 0.717) is 0 Å². The predicted octanol–water partition coefficient (Wildman–Crippen LogP) is 1.35. The molecule has 1 aromatic rings. The Bertz CT molecular complexity index is 320. The maximum atomic E-state index is 4.10. The molecule has 0 aromatic carbocycles. The Morgan fingerprint density at radius 1 is 1.54 bits per heavy atom. The molecular formula is C11H14N2. The van der Waals surface area contributed by atoms with Gasteiger partial charge in [0, 0.05) is 30.4 Å². The van der Waals surface area contributed by atoms with E-state index in [-0.39, 0.29) is 0 Å². The van der Waals surface area contributed by atoms with E-state index in [0.717, 1.165) is 24.2 Å². The first kappa shape index (κ1) is 9.76. The summed E-state index contributed by atoms with van der Waals surface area (Å²) in [6.45, 7) is 2.91. The van der Waals surface area contributed by atoms with Crippen LogP contribution in [0.25, 0.3) is 0 Å². The fourth-order valence-electron chi connectivity index (χ4n) is 0.975. The standard InChI is InChI=1S/C11H14N2/c1-10-9-11(6-8-13-10)5-3-4-7-12-2/h6,8-9,12H,4,7H2,1-2H3. The van der Waals surface area contributed by atoms with Gasteiger partial charge in [-0.05, 0) is 26.1 Å². The van der Waals surface area contributed by atoms with Crippen LogP contribution in [0.5, 0.6) is 0 Å². The van der Waals surface area contributed by atoms with Crippen molar-refractivity contribution in [1.82, 2.24) is 10.3 Å². The first-order valence-electron chi connectivity index (χ1n) is 4.39. The van der Waals surface area contributed by atoms with Crippen LogP contribution in [0.4, 0.5) is 0 Å². The molecule has 0 unspecified atom stereocenters. The van der Waals surface area contributed by atoms with Gasteiger partial charge in [-0.25, -0.2) is 0 Å². The van der Waals surface area contributed by atoms with E-state index in [1.165, 1.54) is 0 Å². The molecule has 1 N–H and O–H groups in total. The van der Waals surface area contributed by atoms with Gasteiger partial charge in [0.2, 0.25) is 0 Å². The molecule has 2 nitrogen and oxygen atoms in total. The molecule has 13 heavy (non-hydrogen) atoms. The third-order valence-electron chi connectivity index (χ3n) is 1.63. The minimum Gasteiger partial charge on any atom is -0.319 e. The Kier molecular flexibility index (Phi) is 4.01. The summed E-state index contributed by atoms with van der Waals surface area (Å²) in [6.07, 6.45) is 2.68. The molecule has 0 bridgehead atoms. The van der Waals surface area contributed by atoms with Crippen LogP contribution in [0.2, 0.25) is 0 Å². The zero-order chi connectivity index (χ0) is 9.52. The Morgan fingerprint density at radius 2 is 2.38 bits per heavy atom. The van der Waals surface area contributed by atoms with Gasteiger partial charge in [-0.3, -0.25) is 4.98 Å². The van der Waals surface area contributed by atoms with Crippen LogP contribution in [0, 0.1) is 18.8 Å². The number of aryl methyl sites for hydroxylation is 1. The molecule has 0 atom stereocenters. The van der Waals surface area contributed by atoms with Gasteiger partial charge in [-0.1, -0.05) is 11.8 Å². The summed E-state index contributed by atoms with van der Waals surface area (Å²) in [5.41, 5.74) is 2.06. The maximum absolute atomic E-state index is 4.10. The van der Waals surface area contributed by atoms with Crippen molar-refractivity contribution in [3.63, 3.8) is 0 Å². The lowest BCUT2D eigenvalue weighted by molar-refractivity contribution is 0.818. The Labute approximate surface area is 79.4 Å². The van der Waals surface area contributed by atoms with E-state index in [1.54, 1.807) is 6.20 Å². The summed E-state index contributed by atoms with van der Waals surface area (Å²) in [5.74, 6) is 6.18. The van der Waals surface area contributed by atoms with Crippen LogP contribution in [-0.2, 0) is 0 Å². The van der Waals surface area contributed by atoms with Gasteiger partial charge < -0.3 is 5.32 Å². The molecule has 2 heteroatoms. The Morgan fingerprint density at radius 3 is 3.08 bits per heavy atom. The lowest BCUT2D eigenvalue weighted by atomic mass is 10.2. The molecule has 0 radical (unpaired) electrons. The molecule has 0 spiro atoms. The van der Waals surface area contributed by atoms with Crippen molar-refractivity contribution < 1.29 is 0 Å². The highest BCUT2D eigenvalue weighted by Crippen LogP contribution is 1.97. The van der Waals surface area contributed by atoms with E-state index in [1.807, 2.05) is 26.1 Å². The lowest BCUT2D eigenvalue weighted by Gasteiger charge is -1.91. The van der Waals surface area contributed by atoms with Gasteiger partial charge in [0.1, 0.15) is 0 Å². The predicted molar refractivity (Wildman–Crippen MR) is 54.4 cm³/mol. The van der Waals surface area contributed by atoms with Crippen LogP contribution in [-0.4, -0.2) is 18.6 Å². The number of pyridine rings is 1. The van der Waals surface area contributed by atoms with E-state index in [9.17, 15) is 0 Å². The minimum absolute atomic E-state index is 0.887. The van der Waals surface area contributed by atoms with Gasteiger partial charge in [0.15, 0.2) is 0 Å². The summed E-state index contributed by atoms with van der Waals surface area (Å²) in [7, 11) is 1.93. The van der Waals surface area contributed by atoms with Crippen LogP contribution < -0.4 is 5.32 Å². The molecule has 1 heterocycles. The molecule has 0 saturated carbocycles. The highest BCUT2D eigenvalue weighted by Gasteiger charge is 1.86. The van der Waals surface area contributed by atoms with Crippen molar-refractivity contribution in [2.24, 2.45) is 0 Å². The normalized spacial score (nSPS) is 9.08. The van der Waals surface area contributed by atoms with Crippen LogP contribution in [0.15, 0.2) is 18.3 Å². The quantitative estimate of drug-likeness (QED) is 0.541. The summed E-state index contributed by atoms with van der Waals surface area (Å²) < 4.78 is 0. The van der Waals surface area contributed by atoms with Crippen LogP contribution in [0.1, 0.15) is 17.7 Å². The van der Waals surface area contributed by atoms with E-state index >= 15 is 0 Å². The summed E-state index contributed by atoms with van der Waals surface area (Å²) in [5, 5.41) is 3.05. The zero-order valence-corrected chi connectivity index (χ0v) is 8.09. The fourth-order valence-corrected chi connectivity index (χ4v) is 0.975. The van der Waals surface area contributed by atoms with Gasteiger partial charge in [0.05, 0.1) is 0 Å². The number of hydrogen-bond acceptors (Lipinski definition) is 2. The second-order valence-electron chi connectivity index (χ2n) is 2.84. The molecule has 0 aliphatic carbocycles. The average Bonchev–Trinajstić information content (AvgIpc) is 2.13. The van der Waals surface area contributed by atoms with E-state index in [4.69, 9.17) is 0 Å². The number of nitrogens with zero attached hydrogens (tertiary/aromatic N) is 1. The van der Waals surface area contributed by atoms with Gasteiger partial charge in [0.25, 0.3) is 0 Å². The highest BCUT2D eigenvalue weighted by atomic mass is 14.8. The molecule has 68 valence electrons. The number of nitrogens with one attached hydrogen (secondary N) is 1. The van der Waals surface area contributed by atoms with E-state index < -0.39 is 0 Å². The van der Waals surface area contributed by atoms with Crippen molar-refractivity contribution in [2.45, 2.75) is 13.3 Å². The number of hydrogen-bond donors (Lipinski definition) is 1. The van der Waals surface area contributed by atoms with Gasteiger partial charge in [-0.15, -0.1) is 0 Å². The minimum atomic E-state index is 0.887.